The van der Waals surface area contributed by atoms with Crippen LogP contribution in [0.2, 0.25) is 0 Å². The van der Waals surface area contributed by atoms with Crippen molar-refractivity contribution in [1.82, 2.24) is 15.2 Å². The molecule has 1 unspecified atom stereocenters. The van der Waals surface area contributed by atoms with E-state index < -0.39 is 0 Å². The van der Waals surface area contributed by atoms with Gasteiger partial charge in [0, 0.05) is 26.2 Å². The second-order valence-corrected chi connectivity index (χ2v) is 8.65. The number of likely N-dealkylation sites (N-methyl/N-ethyl adjacent to an activating group) is 2. The molecule has 0 fully saturated rings. The van der Waals surface area contributed by atoms with Crippen molar-refractivity contribution in [2.45, 2.75) is 39.3 Å². The minimum atomic E-state index is -0.269. The number of rotatable bonds is 7. The molecule has 3 heterocycles. The summed E-state index contributed by atoms with van der Waals surface area (Å²) in [4.78, 5) is 33.5. The molecule has 1 aromatic carbocycles. The van der Waals surface area contributed by atoms with Gasteiger partial charge in [-0.05, 0) is 55.3 Å². The average molecular weight is 477 g/mol. The minimum absolute atomic E-state index is 0.0665. The molecule has 8 nitrogen and oxygen atoms in total. The van der Waals surface area contributed by atoms with Gasteiger partial charge in [0.1, 0.15) is 17.7 Å². The Morgan fingerprint density at radius 1 is 1.26 bits per heavy atom. The Labute approximate surface area is 206 Å². The molecule has 0 aliphatic carbocycles. The number of methoxy groups -OCH3 is 1. The van der Waals surface area contributed by atoms with Crippen molar-refractivity contribution in [3.63, 3.8) is 0 Å². The van der Waals surface area contributed by atoms with Crippen LogP contribution in [0.1, 0.15) is 40.4 Å². The number of ether oxygens (including phenoxy) is 2. The molecule has 1 N–H and O–H groups in total. The normalized spacial score (nSPS) is 17.0. The standard InChI is InChI=1S/C27H32N4O4/c1-5-31-25-21(27(33)30(3)22-8-6-7-12-28-26(22)31)15-20(17-29-25)11-13-35-23-10-9-19(14-18(23)2)16-24(32)34-4/h7-10,12,14-15,17,26,28H,5-6,11,13,16H2,1-4H3. The summed E-state index contributed by atoms with van der Waals surface area (Å²) in [5.74, 6) is 1.11. The highest BCUT2D eigenvalue weighted by atomic mass is 16.5. The van der Waals surface area contributed by atoms with E-state index in [9.17, 15) is 9.59 Å². The number of amides is 1. The van der Waals surface area contributed by atoms with Crippen LogP contribution >= 0.6 is 0 Å². The third kappa shape index (κ3) is 5.16. The first-order chi connectivity index (χ1) is 16.9. The van der Waals surface area contributed by atoms with Gasteiger partial charge in [-0.15, -0.1) is 0 Å². The summed E-state index contributed by atoms with van der Waals surface area (Å²) < 4.78 is 10.7. The van der Waals surface area contributed by atoms with Crippen LogP contribution in [0.4, 0.5) is 5.82 Å². The Kier molecular flexibility index (Phi) is 7.39. The lowest BCUT2D eigenvalue weighted by Gasteiger charge is -2.33. The number of carbonyl (C=O) groups is 2. The van der Waals surface area contributed by atoms with Gasteiger partial charge in [-0.25, -0.2) is 4.98 Å². The fourth-order valence-corrected chi connectivity index (χ4v) is 4.46. The topological polar surface area (TPSA) is 84.0 Å². The zero-order chi connectivity index (χ0) is 24.9. The van der Waals surface area contributed by atoms with Gasteiger partial charge in [-0.2, -0.15) is 0 Å². The number of benzene rings is 1. The SMILES string of the molecule is CCN1c2ncc(CCOc3ccc(CC(=O)OC)cc3C)cc2C(=O)N(C)C2=CCC=CNC21. The summed E-state index contributed by atoms with van der Waals surface area (Å²) in [6, 6.07) is 7.61. The van der Waals surface area contributed by atoms with Gasteiger partial charge in [0.25, 0.3) is 5.91 Å². The molecular formula is C27H32N4O4. The smallest absolute Gasteiger partial charge is 0.309 e. The Hall–Kier alpha value is -3.81. The highest BCUT2D eigenvalue weighted by Crippen LogP contribution is 2.31. The molecule has 0 saturated carbocycles. The molecular weight excluding hydrogens is 444 g/mol. The van der Waals surface area contributed by atoms with Crippen LogP contribution in [0.5, 0.6) is 5.75 Å². The lowest BCUT2D eigenvalue weighted by atomic mass is 10.1. The minimum Gasteiger partial charge on any atom is -0.493 e. The molecule has 0 spiro atoms. The first-order valence-corrected chi connectivity index (χ1v) is 11.9. The lowest BCUT2D eigenvalue weighted by Crippen LogP contribution is -2.47. The molecule has 2 aliphatic heterocycles. The van der Waals surface area contributed by atoms with Crippen LogP contribution in [0.15, 0.2) is 54.5 Å². The maximum absolute atomic E-state index is 13.4. The molecule has 1 atom stereocenters. The van der Waals surface area contributed by atoms with Crippen molar-refractivity contribution in [3.05, 3.63) is 76.8 Å². The summed E-state index contributed by atoms with van der Waals surface area (Å²) in [6.45, 7) is 5.17. The third-order valence-electron chi connectivity index (χ3n) is 6.35. The zero-order valence-electron chi connectivity index (χ0n) is 20.7. The number of esters is 1. The number of hydrogen-bond acceptors (Lipinski definition) is 7. The average Bonchev–Trinajstić information content (AvgIpc) is 3.14. The largest absolute Gasteiger partial charge is 0.493 e. The van der Waals surface area contributed by atoms with E-state index in [0.29, 0.717) is 31.0 Å². The Morgan fingerprint density at radius 2 is 2.09 bits per heavy atom. The van der Waals surface area contributed by atoms with Crippen LogP contribution < -0.4 is 15.0 Å². The van der Waals surface area contributed by atoms with Gasteiger partial charge in [0.05, 0.1) is 31.4 Å². The number of aromatic nitrogens is 1. The summed E-state index contributed by atoms with van der Waals surface area (Å²) >= 11 is 0. The van der Waals surface area contributed by atoms with E-state index in [4.69, 9.17) is 14.5 Å². The van der Waals surface area contributed by atoms with Crippen molar-refractivity contribution < 1.29 is 19.1 Å². The number of nitrogens with zero attached hydrogens (tertiary/aromatic N) is 3. The van der Waals surface area contributed by atoms with Gasteiger partial charge in [-0.1, -0.05) is 24.3 Å². The van der Waals surface area contributed by atoms with Crippen LogP contribution in [0, 0.1) is 6.92 Å². The van der Waals surface area contributed by atoms with E-state index in [1.807, 2.05) is 56.7 Å². The number of carbonyl (C=O) groups excluding carboxylic acids is 2. The zero-order valence-corrected chi connectivity index (χ0v) is 20.7. The molecule has 1 amide bonds. The van der Waals surface area contributed by atoms with Crippen LogP contribution in [-0.4, -0.2) is 55.2 Å². The number of aryl methyl sites for hydroxylation is 1. The van der Waals surface area contributed by atoms with Crippen molar-refractivity contribution in [2.24, 2.45) is 0 Å². The van der Waals surface area contributed by atoms with E-state index in [2.05, 4.69) is 23.2 Å². The van der Waals surface area contributed by atoms with Crippen molar-refractivity contribution in [1.29, 1.82) is 0 Å². The Morgan fingerprint density at radius 3 is 2.83 bits per heavy atom. The molecule has 1 aromatic heterocycles. The summed E-state index contributed by atoms with van der Waals surface area (Å²) in [7, 11) is 3.20. The van der Waals surface area contributed by atoms with Crippen LogP contribution in [-0.2, 0) is 22.4 Å². The van der Waals surface area contributed by atoms with Gasteiger partial charge in [0.2, 0.25) is 0 Å². The summed E-state index contributed by atoms with van der Waals surface area (Å²) in [5.41, 5.74) is 4.29. The molecule has 2 aliphatic rings. The maximum atomic E-state index is 13.4. The Bertz CT molecular complexity index is 1170. The van der Waals surface area contributed by atoms with Gasteiger partial charge < -0.3 is 24.6 Å². The molecule has 35 heavy (non-hydrogen) atoms. The summed E-state index contributed by atoms with van der Waals surface area (Å²) in [6.07, 6.45) is 9.35. The predicted molar refractivity (Wildman–Crippen MR) is 134 cm³/mol. The maximum Gasteiger partial charge on any atom is 0.309 e. The fraction of sp³-hybridized carbons (Fsp3) is 0.370. The Balaban J connectivity index is 1.49. The van der Waals surface area contributed by atoms with Crippen LogP contribution in [0.3, 0.4) is 0 Å². The van der Waals surface area contributed by atoms with Gasteiger partial charge in [0.15, 0.2) is 0 Å². The second kappa shape index (κ2) is 10.6. The van der Waals surface area contributed by atoms with Crippen molar-refractivity contribution >= 4 is 17.7 Å². The lowest BCUT2D eigenvalue weighted by molar-refractivity contribution is -0.139. The van der Waals surface area contributed by atoms with E-state index in [0.717, 1.165) is 34.6 Å². The highest BCUT2D eigenvalue weighted by Gasteiger charge is 2.35. The first-order valence-electron chi connectivity index (χ1n) is 11.9. The number of hydrogen-bond donors (Lipinski definition) is 1. The number of fused-ring (bicyclic) bond motifs is 2. The van der Waals surface area contributed by atoms with Crippen molar-refractivity contribution in [3.8, 4) is 5.75 Å². The molecule has 184 valence electrons. The molecule has 8 heteroatoms. The van der Waals surface area contributed by atoms with E-state index in [1.165, 1.54) is 7.11 Å². The van der Waals surface area contributed by atoms with E-state index in [-0.39, 0.29) is 24.5 Å². The third-order valence-corrected chi connectivity index (χ3v) is 6.35. The van der Waals surface area contributed by atoms with Crippen LogP contribution in [0.25, 0.3) is 0 Å². The predicted octanol–water partition coefficient (Wildman–Crippen LogP) is 3.36. The van der Waals surface area contributed by atoms with Gasteiger partial charge >= 0.3 is 5.97 Å². The number of anilines is 1. The van der Waals surface area contributed by atoms with E-state index >= 15 is 0 Å². The van der Waals surface area contributed by atoms with E-state index in [1.54, 1.807) is 4.90 Å². The number of nitrogens with one attached hydrogen (secondary N) is 1. The second-order valence-electron chi connectivity index (χ2n) is 8.65. The molecule has 0 bridgehead atoms. The van der Waals surface area contributed by atoms with Gasteiger partial charge in [-0.3, -0.25) is 9.59 Å². The molecule has 2 aromatic rings. The summed E-state index contributed by atoms with van der Waals surface area (Å²) in [5, 5.41) is 3.40. The molecule has 0 saturated heterocycles. The number of allylic oxidation sites excluding steroid dienone is 2. The van der Waals surface area contributed by atoms with Crippen molar-refractivity contribution in [2.75, 3.05) is 32.2 Å². The quantitative estimate of drug-likeness (QED) is 0.614. The fourth-order valence-electron chi connectivity index (χ4n) is 4.46. The molecule has 0 radical (unpaired) electrons. The first kappa shape index (κ1) is 24.3. The number of pyridine rings is 1. The molecule has 4 rings (SSSR count). The highest BCUT2D eigenvalue weighted by molar-refractivity contribution is 6.01. The monoisotopic (exact) mass is 476 g/mol.